The van der Waals surface area contributed by atoms with Crippen molar-refractivity contribution in [3.05, 3.63) is 53.4 Å². The summed E-state index contributed by atoms with van der Waals surface area (Å²) < 4.78 is 20.1. The van der Waals surface area contributed by atoms with E-state index in [4.69, 9.17) is 22.1 Å². The number of nitrogens with one attached hydrogen (secondary N) is 2. The van der Waals surface area contributed by atoms with Crippen molar-refractivity contribution in [2.24, 2.45) is 0 Å². The second kappa shape index (κ2) is 6.68. The summed E-state index contributed by atoms with van der Waals surface area (Å²) in [5.74, 6) is 1.09. The highest BCUT2D eigenvalue weighted by Crippen LogP contribution is 2.39. The molecule has 8 heteroatoms. The largest absolute Gasteiger partial charge is 0.486 e. The Balaban J connectivity index is 1.83. The minimum atomic E-state index is -0.405. The topological polar surface area (TPSA) is 85.1 Å². The van der Waals surface area contributed by atoms with E-state index in [0.29, 0.717) is 52.5 Å². The monoisotopic (exact) mass is 371 g/mol. The Morgan fingerprint density at radius 1 is 1.23 bits per heavy atom. The van der Waals surface area contributed by atoms with Crippen molar-refractivity contribution in [2.45, 2.75) is 0 Å². The molecule has 2 aromatic heterocycles. The summed E-state index contributed by atoms with van der Waals surface area (Å²) >= 11 is 6.03. The van der Waals surface area contributed by atoms with Gasteiger partial charge in [0.05, 0.1) is 17.9 Å². The quantitative estimate of drug-likeness (QED) is 0.643. The first-order valence-corrected chi connectivity index (χ1v) is 8.33. The van der Waals surface area contributed by atoms with Crippen LogP contribution in [-0.4, -0.2) is 23.1 Å². The van der Waals surface area contributed by atoms with Gasteiger partial charge >= 0.3 is 0 Å². The normalized spacial score (nSPS) is 12.7. The molecule has 0 bridgehead atoms. The smallest absolute Gasteiger partial charge is 0.185 e. The fraction of sp³-hybridized carbons (Fsp3) is 0.111. The molecule has 0 radical (unpaired) electrons. The maximum Gasteiger partial charge on any atom is 0.185 e. The summed E-state index contributed by atoms with van der Waals surface area (Å²) in [6.45, 7) is 1.12. The Hall–Kier alpha value is -3.06. The Kier molecular flexibility index (Phi) is 4.22. The lowest BCUT2D eigenvalue weighted by molar-refractivity contribution is 0.323. The second-order valence-corrected chi connectivity index (χ2v) is 6.16. The molecule has 4 rings (SSSR count). The lowest BCUT2D eigenvalue weighted by atomic mass is 10.1. The van der Waals surface area contributed by atoms with E-state index in [0.717, 1.165) is 5.69 Å². The van der Waals surface area contributed by atoms with E-state index in [9.17, 15) is 4.39 Å². The standard InChI is InChI=1S/C18H15ClFN5O/c19-10-1-2-13(20)12(7-10)14-9-15(17-18(25-14)23-5-6-26-17)24-11-3-4-22-16(21)8-11/h1-4,7-9H,5-6H2,(H4,21,22,23,24,25). The van der Waals surface area contributed by atoms with Crippen molar-refractivity contribution in [1.82, 2.24) is 9.97 Å². The first-order chi connectivity index (χ1) is 12.6. The van der Waals surface area contributed by atoms with Gasteiger partial charge in [0.2, 0.25) is 0 Å². The van der Waals surface area contributed by atoms with Gasteiger partial charge in [0, 0.05) is 28.5 Å². The van der Waals surface area contributed by atoms with Crippen LogP contribution in [0.3, 0.4) is 0 Å². The molecule has 4 N–H and O–H groups in total. The number of nitrogens with zero attached hydrogens (tertiary/aromatic N) is 2. The fourth-order valence-electron chi connectivity index (χ4n) is 2.73. The van der Waals surface area contributed by atoms with E-state index in [-0.39, 0.29) is 0 Å². The van der Waals surface area contributed by atoms with Crippen LogP contribution in [0.25, 0.3) is 11.3 Å². The number of anilines is 4. The van der Waals surface area contributed by atoms with Crippen LogP contribution in [0.1, 0.15) is 0 Å². The van der Waals surface area contributed by atoms with E-state index in [1.807, 2.05) is 0 Å². The number of fused-ring (bicyclic) bond motifs is 1. The van der Waals surface area contributed by atoms with Gasteiger partial charge < -0.3 is 21.1 Å². The molecule has 1 aromatic carbocycles. The van der Waals surface area contributed by atoms with Crippen molar-refractivity contribution in [1.29, 1.82) is 0 Å². The van der Waals surface area contributed by atoms with Gasteiger partial charge in [0.15, 0.2) is 11.6 Å². The highest BCUT2D eigenvalue weighted by atomic mass is 35.5. The zero-order chi connectivity index (χ0) is 18.1. The fourth-order valence-corrected chi connectivity index (χ4v) is 2.90. The molecular weight excluding hydrogens is 357 g/mol. The predicted octanol–water partition coefficient (Wildman–Crippen LogP) is 4.07. The number of hydrogen-bond donors (Lipinski definition) is 3. The number of aromatic nitrogens is 2. The third-order valence-electron chi connectivity index (χ3n) is 3.88. The molecule has 0 atom stereocenters. The minimum Gasteiger partial charge on any atom is -0.486 e. The zero-order valence-electron chi connectivity index (χ0n) is 13.6. The maximum absolute atomic E-state index is 14.3. The molecular formula is C18H15ClFN5O. The van der Waals surface area contributed by atoms with Gasteiger partial charge in [0.25, 0.3) is 0 Å². The first kappa shape index (κ1) is 16.4. The molecule has 0 fully saturated rings. The number of halogens is 2. The number of nitrogen functional groups attached to an aromatic ring is 1. The van der Waals surface area contributed by atoms with E-state index in [2.05, 4.69) is 20.6 Å². The van der Waals surface area contributed by atoms with Gasteiger partial charge in [-0.2, -0.15) is 0 Å². The molecule has 0 amide bonds. The summed E-state index contributed by atoms with van der Waals surface area (Å²) in [4.78, 5) is 8.47. The molecule has 0 saturated carbocycles. The molecule has 6 nitrogen and oxygen atoms in total. The molecule has 1 aliphatic heterocycles. The maximum atomic E-state index is 14.3. The van der Waals surface area contributed by atoms with E-state index in [1.54, 1.807) is 30.5 Å². The van der Waals surface area contributed by atoms with Crippen molar-refractivity contribution in [3.8, 4) is 17.0 Å². The second-order valence-electron chi connectivity index (χ2n) is 5.73. The van der Waals surface area contributed by atoms with Crippen LogP contribution in [0.5, 0.6) is 5.75 Å². The molecule has 26 heavy (non-hydrogen) atoms. The summed E-state index contributed by atoms with van der Waals surface area (Å²) in [6, 6.07) is 9.56. The van der Waals surface area contributed by atoms with Crippen LogP contribution in [0.15, 0.2) is 42.6 Å². The van der Waals surface area contributed by atoms with Crippen LogP contribution >= 0.6 is 11.6 Å². The molecule has 132 valence electrons. The first-order valence-electron chi connectivity index (χ1n) is 7.96. The van der Waals surface area contributed by atoms with E-state index in [1.165, 1.54) is 12.1 Å². The molecule has 0 saturated heterocycles. The molecule has 1 aliphatic rings. The van der Waals surface area contributed by atoms with Gasteiger partial charge in [-0.3, -0.25) is 0 Å². The summed E-state index contributed by atoms with van der Waals surface area (Å²) in [6.07, 6.45) is 1.60. The number of hydrogen-bond acceptors (Lipinski definition) is 6. The Morgan fingerprint density at radius 3 is 2.96 bits per heavy atom. The summed E-state index contributed by atoms with van der Waals surface area (Å²) in [5.41, 5.74) is 7.86. The highest BCUT2D eigenvalue weighted by Gasteiger charge is 2.20. The van der Waals surface area contributed by atoms with Gasteiger partial charge in [-0.15, -0.1) is 0 Å². The van der Waals surface area contributed by atoms with Crippen LogP contribution in [0.2, 0.25) is 5.02 Å². The van der Waals surface area contributed by atoms with Crippen LogP contribution < -0.4 is 21.1 Å². The molecule has 0 aliphatic carbocycles. The van der Waals surface area contributed by atoms with Gasteiger partial charge in [0.1, 0.15) is 18.2 Å². The Morgan fingerprint density at radius 2 is 2.12 bits per heavy atom. The van der Waals surface area contributed by atoms with Gasteiger partial charge in [-0.1, -0.05) is 11.6 Å². The van der Waals surface area contributed by atoms with Crippen LogP contribution in [-0.2, 0) is 0 Å². The third kappa shape index (κ3) is 3.21. The zero-order valence-corrected chi connectivity index (χ0v) is 14.3. The lowest BCUT2D eigenvalue weighted by Crippen LogP contribution is -2.20. The van der Waals surface area contributed by atoms with Crippen molar-refractivity contribution in [2.75, 3.05) is 29.5 Å². The van der Waals surface area contributed by atoms with Crippen LogP contribution in [0.4, 0.5) is 27.4 Å². The van der Waals surface area contributed by atoms with Crippen molar-refractivity contribution >= 4 is 34.6 Å². The average molecular weight is 372 g/mol. The van der Waals surface area contributed by atoms with E-state index >= 15 is 0 Å². The number of benzene rings is 1. The Bertz CT molecular complexity index is 982. The third-order valence-corrected chi connectivity index (χ3v) is 4.11. The highest BCUT2D eigenvalue weighted by molar-refractivity contribution is 6.30. The summed E-state index contributed by atoms with van der Waals surface area (Å²) in [5, 5.41) is 6.84. The van der Waals surface area contributed by atoms with Gasteiger partial charge in [-0.25, -0.2) is 14.4 Å². The summed E-state index contributed by atoms with van der Waals surface area (Å²) in [7, 11) is 0. The lowest BCUT2D eigenvalue weighted by Gasteiger charge is -2.23. The number of ether oxygens (including phenoxy) is 1. The van der Waals surface area contributed by atoms with Crippen molar-refractivity contribution < 1.29 is 9.13 Å². The SMILES string of the molecule is Nc1cc(Nc2cc(-c3cc(Cl)ccc3F)nc3c2OCCN3)ccn1. The van der Waals surface area contributed by atoms with Crippen molar-refractivity contribution in [3.63, 3.8) is 0 Å². The van der Waals surface area contributed by atoms with E-state index < -0.39 is 5.82 Å². The number of pyridine rings is 2. The minimum absolute atomic E-state index is 0.310. The molecule has 0 unspecified atom stereocenters. The predicted molar refractivity (Wildman–Crippen MR) is 101 cm³/mol. The number of nitrogens with two attached hydrogens (primary N) is 1. The average Bonchev–Trinajstić information content (AvgIpc) is 2.64. The molecule has 3 aromatic rings. The number of rotatable bonds is 3. The Labute approximate surface area is 154 Å². The van der Waals surface area contributed by atoms with Crippen LogP contribution in [0, 0.1) is 5.82 Å². The molecule has 3 heterocycles. The van der Waals surface area contributed by atoms with Gasteiger partial charge in [-0.05, 0) is 30.3 Å². The molecule has 0 spiro atoms.